The molecule has 1 unspecified atom stereocenters. The van der Waals surface area contributed by atoms with Crippen molar-refractivity contribution >= 4 is 17.6 Å². The second-order valence-corrected chi connectivity index (χ2v) is 4.30. The Labute approximate surface area is 94.7 Å². The van der Waals surface area contributed by atoms with E-state index in [4.69, 9.17) is 0 Å². The second-order valence-electron chi connectivity index (χ2n) is 3.48. The smallest absolute Gasteiger partial charge is 0.132 e. The predicted octanol–water partition coefficient (Wildman–Crippen LogP) is 1.41. The van der Waals surface area contributed by atoms with Gasteiger partial charge in [0, 0.05) is 19.7 Å². The molecule has 0 amide bonds. The van der Waals surface area contributed by atoms with Gasteiger partial charge in [0.15, 0.2) is 0 Å². The number of aliphatic hydroxyl groups excluding tert-OH is 1. The molecule has 1 rings (SSSR count). The molecule has 1 N–H and O–H groups in total. The zero-order chi connectivity index (χ0) is 11.3. The van der Waals surface area contributed by atoms with Gasteiger partial charge in [-0.1, -0.05) is 0 Å². The molecule has 0 saturated carbocycles. The van der Waals surface area contributed by atoms with Crippen molar-refractivity contribution in [3.63, 3.8) is 0 Å². The third-order valence-corrected chi connectivity index (χ3v) is 2.75. The quantitative estimate of drug-likeness (QED) is 0.609. The van der Waals surface area contributed by atoms with Gasteiger partial charge in [-0.3, -0.25) is 0 Å². The summed E-state index contributed by atoms with van der Waals surface area (Å²) in [5.74, 6) is 0.898. The Balaban J connectivity index is 2.60. The van der Waals surface area contributed by atoms with E-state index in [9.17, 15) is 5.11 Å². The van der Waals surface area contributed by atoms with E-state index < -0.39 is 0 Å². The van der Waals surface area contributed by atoms with Gasteiger partial charge in [0.25, 0.3) is 0 Å². The molecular weight excluding hydrogens is 210 g/mol. The van der Waals surface area contributed by atoms with Crippen molar-refractivity contribution < 1.29 is 5.11 Å². The Morgan fingerprint density at radius 2 is 2.27 bits per heavy atom. The Kier molecular flexibility index (Phi) is 4.84. The van der Waals surface area contributed by atoms with Crippen molar-refractivity contribution in [3.8, 4) is 0 Å². The molecule has 0 fully saturated rings. The second kappa shape index (κ2) is 5.92. The van der Waals surface area contributed by atoms with E-state index >= 15 is 0 Å². The number of thioether (sulfide) groups is 1. The van der Waals surface area contributed by atoms with Crippen molar-refractivity contribution in [1.82, 2.24) is 9.97 Å². The first kappa shape index (κ1) is 12.3. The van der Waals surface area contributed by atoms with Crippen LogP contribution in [0.15, 0.2) is 17.4 Å². The third kappa shape index (κ3) is 4.05. The predicted molar refractivity (Wildman–Crippen MR) is 63.4 cm³/mol. The van der Waals surface area contributed by atoms with E-state index in [0.29, 0.717) is 0 Å². The number of hydrogen-bond acceptors (Lipinski definition) is 5. The highest BCUT2D eigenvalue weighted by molar-refractivity contribution is 7.98. The maximum atomic E-state index is 9.19. The monoisotopic (exact) mass is 227 g/mol. The average Bonchev–Trinajstić information content (AvgIpc) is 2.26. The van der Waals surface area contributed by atoms with E-state index in [0.717, 1.165) is 23.8 Å². The SMILES string of the molecule is CSc1cc(N(C)CCC(C)O)ncn1. The summed E-state index contributed by atoms with van der Waals surface area (Å²) in [7, 11) is 1.97. The number of nitrogens with zero attached hydrogens (tertiary/aromatic N) is 3. The summed E-state index contributed by atoms with van der Waals surface area (Å²) in [4.78, 5) is 10.3. The number of hydrogen-bond donors (Lipinski definition) is 1. The molecule has 0 aromatic carbocycles. The third-order valence-electron chi connectivity index (χ3n) is 2.11. The summed E-state index contributed by atoms with van der Waals surface area (Å²) in [5, 5.41) is 10.1. The zero-order valence-corrected chi connectivity index (χ0v) is 10.2. The van der Waals surface area contributed by atoms with Crippen LogP contribution in [0.4, 0.5) is 5.82 Å². The maximum absolute atomic E-state index is 9.19. The minimum atomic E-state index is -0.269. The molecule has 4 nitrogen and oxygen atoms in total. The Hall–Kier alpha value is -0.810. The molecule has 1 aromatic rings. The molecule has 1 aromatic heterocycles. The van der Waals surface area contributed by atoms with Crippen LogP contribution in [0.25, 0.3) is 0 Å². The minimum Gasteiger partial charge on any atom is -0.393 e. The lowest BCUT2D eigenvalue weighted by molar-refractivity contribution is 0.187. The van der Waals surface area contributed by atoms with Crippen LogP contribution < -0.4 is 4.90 Å². The molecule has 84 valence electrons. The molecule has 1 heterocycles. The van der Waals surface area contributed by atoms with E-state index in [-0.39, 0.29) is 6.10 Å². The maximum Gasteiger partial charge on any atom is 0.132 e. The van der Waals surface area contributed by atoms with Gasteiger partial charge < -0.3 is 10.0 Å². The first-order valence-corrected chi connectivity index (χ1v) is 6.11. The van der Waals surface area contributed by atoms with Gasteiger partial charge in [-0.2, -0.15) is 0 Å². The van der Waals surface area contributed by atoms with Gasteiger partial charge in [0.1, 0.15) is 17.2 Å². The van der Waals surface area contributed by atoms with Gasteiger partial charge in [0.05, 0.1) is 6.10 Å². The largest absolute Gasteiger partial charge is 0.393 e. The molecule has 0 radical (unpaired) electrons. The van der Waals surface area contributed by atoms with Gasteiger partial charge in [0.2, 0.25) is 0 Å². The molecule has 5 heteroatoms. The average molecular weight is 227 g/mol. The van der Waals surface area contributed by atoms with Crippen LogP contribution in [-0.2, 0) is 0 Å². The fourth-order valence-electron chi connectivity index (χ4n) is 1.15. The molecule has 0 spiro atoms. The van der Waals surface area contributed by atoms with Crippen molar-refractivity contribution in [2.45, 2.75) is 24.5 Å². The number of anilines is 1. The summed E-state index contributed by atoms with van der Waals surface area (Å²) in [6.07, 6.45) is 4.03. The van der Waals surface area contributed by atoms with E-state index in [1.807, 2.05) is 24.3 Å². The van der Waals surface area contributed by atoms with Gasteiger partial charge in [-0.05, 0) is 19.6 Å². The highest BCUT2D eigenvalue weighted by Gasteiger charge is 2.05. The molecular formula is C10H17N3OS. The molecule has 0 bridgehead atoms. The normalized spacial score (nSPS) is 12.5. The van der Waals surface area contributed by atoms with Crippen LogP contribution in [0.3, 0.4) is 0 Å². The van der Waals surface area contributed by atoms with Crippen LogP contribution in [0.1, 0.15) is 13.3 Å². The minimum absolute atomic E-state index is 0.269. The van der Waals surface area contributed by atoms with Crippen LogP contribution in [0.2, 0.25) is 0 Å². The summed E-state index contributed by atoms with van der Waals surface area (Å²) < 4.78 is 0. The first-order valence-electron chi connectivity index (χ1n) is 4.88. The number of aromatic nitrogens is 2. The molecule has 0 aliphatic carbocycles. The Morgan fingerprint density at radius 3 is 2.87 bits per heavy atom. The molecule has 0 saturated heterocycles. The summed E-state index contributed by atoms with van der Waals surface area (Å²) in [6.45, 7) is 2.59. The van der Waals surface area contributed by atoms with E-state index in [1.54, 1.807) is 25.0 Å². The molecule has 1 atom stereocenters. The highest BCUT2D eigenvalue weighted by atomic mass is 32.2. The summed E-state index contributed by atoms with van der Waals surface area (Å²) in [5.41, 5.74) is 0. The number of aliphatic hydroxyl groups is 1. The van der Waals surface area contributed by atoms with E-state index in [2.05, 4.69) is 9.97 Å². The van der Waals surface area contributed by atoms with Crippen molar-refractivity contribution in [3.05, 3.63) is 12.4 Å². The number of rotatable bonds is 5. The zero-order valence-electron chi connectivity index (χ0n) is 9.34. The lowest BCUT2D eigenvalue weighted by atomic mass is 10.3. The standard InChI is InChI=1S/C10H17N3OS/c1-8(14)4-5-13(2)9-6-10(15-3)12-7-11-9/h6-8,14H,4-5H2,1-3H3. The topological polar surface area (TPSA) is 49.2 Å². The lowest BCUT2D eigenvalue weighted by Crippen LogP contribution is -2.22. The van der Waals surface area contributed by atoms with Crippen LogP contribution >= 0.6 is 11.8 Å². The van der Waals surface area contributed by atoms with Crippen LogP contribution in [-0.4, -0.2) is 41.0 Å². The summed E-state index contributed by atoms with van der Waals surface area (Å²) in [6, 6.07) is 1.95. The Morgan fingerprint density at radius 1 is 1.53 bits per heavy atom. The van der Waals surface area contributed by atoms with Crippen molar-refractivity contribution in [2.24, 2.45) is 0 Å². The van der Waals surface area contributed by atoms with Gasteiger partial charge >= 0.3 is 0 Å². The van der Waals surface area contributed by atoms with E-state index in [1.165, 1.54) is 0 Å². The molecule has 15 heavy (non-hydrogen) atoms. The first-order chi connectivity index (χ1) is 7.13. The van der Waals surface area contributed by atoms with Crippen LogP contribution in [0.5, 0.6) is 0 Å². The Bertz CT molecular complexity index is 306. The van der Waals surface area contributed by atoms with Crippen LogP contribution in [0, 0.1) is 0 Å². The lowest BCUT2D eigenvalue weighted by Gasteiger charge is -2.18. The van der Waals surface area contributed by atoms with Gasteiger partial charge in [-0.15, -0.1) is 11.8 Å². The molecule has 0 aliphatic rings. The fraction of sp³-hybridized carbons (Fsp3) is 0.600. The molecule has 0 aliphatic heterocycles. The summed E-state index contributed by atoms with van der Waals surface area (Å²) >= 11 is 1.60. The highest BCUT2D eigenvalue weighted by Crippen LogP contribution is 2.16. The van der Waals surface area contributed by atoms with Crippen molar-refractivity contribution in [1.29, 1.82) is 0 Å². The van der Waals surface area contributed by atoms with Gasteiger partial charge in [-0.25, -0.2) is 9.97 Å². The van der Waals surface area contributed by atoms with Crippen molar-refractivity contribution in [2.75, 3.05) is 24.7 Å². The fourth-order valence-corrected chi connectivity index (χ4v) is 1.52.